The molecule has 180 valence electrons. The molecule has 1 saturated heterocycles. The number of likely N-dealkylation sites (tertiary alicyclic amines) is 1. The molecule has 4 rings (SSSR count). The first-order valence-corrected chi connectivity index (χ1v) is 13.1. The number of aromatic nitrogens is 3. The summed E-state index contributed by atoms with van der Waals surface area (Å²) in [5.74, 6) is 0.545. The molecule has 1 aromatic carbocycles. The van der Waals surface area contributed by atoms with E-state index in [1.807, 2.05) is 19.2 Å². The molecule has 1 atom stereocenters. The zero-order valence-electron chi connectivity index (χ0n) is 19.1. The van der Waals surface area contributed by atoms with Crippen molar-refractivity contribution in [2.24, 2.45) is 0 Å². The molecule has 0 spiro atoms. The third-order valence-electron chi connectivity index (χ3n) is 5.57. The lowest BCUT2D eigenvalue weighted by Crippen LogP contribution is -2.39. The number of nitrogens with zero attached hydrogens (tertiary/aromatic N) is 4. The predicted molar refractivity (Wildman–Crippen MR) is 132 cm³/mol. The number of halogens is 1. The fourth-order valence-electron chi connectivity index (χ4n) is 4.11. The first kappa shape index (κ1) is 24.0. The summed E-state index contributed by atoms with van der Waals surface area (Å²) < 4.78 is 27.8. The average molecular weight is 504 g/mol. The van der Waals surface area contributed by atoms with E-state index in [2.05, 4.69) is 20.1 Å². The zero-order chi connectivity index (χ0) is 24.6. The second kappa shape index (κ2) is 9.22. The number of carbonyl (C=O) groups excluding carboxylic acids is 1. The van der Waals surface area contributed by atoms with Gasteiger partial charge in [0.15, 0.2) is 5.65 Å². The van der Waals surface area contributed by atoms with Gasteiger partial charge in [-0.2, -0.15) is 5.10 Å². The smallest absolute Gasteiger partial charge is 0.256 e. The van der Waals surface area contributed by atoms with Crippen LogP contribution in [0, 0.1) is 12.3 Å². The largest absolute Gasteiger partial charge is 0.330 e. The van der Waals surface area contributed by atoms with E-state index >= 15 is 0 Å². The maximum Gasteiger partial charge on any atom is 0.256 e. The van der Waals surface area contributed by atoms with Crippen LogP contribution in [0.2, 0.25) is 5.02 Å². The maximum atomic E-state index is 13.6. The highest BCUT2D eigenvalue weighted by molar-refractivity contribution is 7.92. The van der Waals surface area contributed by atoms with E-state index in [4.69, 9.17) is 17.0 Å². The molecule has 1 amide bonds. The van der Waals surface area contributed by atoms with E-state index in [9.17, 15) is 13.2 Å². The van der Waals surface area contributed by atoms with Crippen LogP contribution in [0.5, 0.6) is 0 Å². The number of aryl methyl sites for hydroxylation is 1. The number of amides is 1. The number of anilines is 2. The van der Waals surface area contributed by atoms with Crippen LogP contribution in [0.3, 0.4) is 0 Å². The SMILES string of the molecule is CC(=N)Nc1nc2cc([C@@H]3CCCCN3C(=O)c3cc(Cl)ccc3NS(C)(=O)=O)nn2cc1C. The van der Waals surface area contributed by atoms with Crippen molar-refractivity contribution in [3.63, 3.8) is 0 Å². The lowest BCUT2D eigenvalue weighted by Gasteiger charge is -2.35. The number of carbonyl (C=O) groups is 1. The van der Waals surface area contributed by atoms with Crippen molar-refractivity contribution in [1.29, 1.82) is 5.41 Å². The zero-order valence-corrected chi connectivity index (χ0v) is 20.7. The summed E-state index contributed by atoms with van der Waals surface area (Å²) in [5, 5.41) is 15.6. The van der Waals surface area contributed by atoms with Crippen molar-refractivity contribution in [3.8, 4) is 0 Å². The van der Waals surface area contributed by atoms with Crippen molar-refractivity contribution in [2.75, 3.05) is 22.8 Å². The molecule has 1 aliphatic heterocycles. The van der Waals surface area contributed by atoms with Gasteiger partial charge in [-0.15, -0.1) is 0 Å². The van der Waals surface area contributed by atoms with Crippen LogP contribution >= 0.6 is 11.6 Å². The molecular formula is C22H26ClN7O3S. The van der Waals surface area contributed by atoms with Gasteiger partial charge in [-0.05, 0) is 51.3 Å². The summed E-state index contributed by atoms with van der Waals surface area (Å²) in [6.45, 7) is 4.03. The number of hydrogen-bond donors (Lipinski definition) is 3. The predicted octanol–water partition coefficient (Wildman–Crippen LogP) is 3.84. The first-order valence-electron chi connectivity index (χ1n) is 10.8. The second-order valence-corrected chi connectivity index (χ2v) is 10.7. The molecule has 0 bridgehead atoms. The fraction of sp³-hybridized carbons (Fsp3) is 0.364. The molecule has 3 aromatic rings. The van der Waals surface area contributed by atoms with Gasteiger partial charge in [-0.1, -0.05) is 11.6 Å². The summed E-state index contributed by atoms with van der Waals surface area (Å²) in [6, 6.07) is 6.06. The Bertz CT molecular complexity index is 1390. The van der Waals surface area contributed by atoms with Crippen LogP contribution in [0.4, 0.5) is 11.5 Å². The minimum atomic E-state index is -3.59. The Morgan fingerprint density at radius 2 is 2.03 bits per heavy atom. The summed E-state index contributed by atoms with van der Waals surface area (Å²) >= 11 is 6.15. The summed E-state index contributed by atoms with van der Waals surface area (Å²) in [7, 11) is -3.59. The molecule has 0 aliphatic carbocycles. The topological polar surface area (TPSA) is 133 Å². The Kier molecular flexibility index (Phi) is 6.50. The summed E-state index contributed by atoms with van der Waals surface area (Å²) in [4.78, 5) is 19.9. The van der Waals surface area contributed by atoms with E-state index in [0.29, 0.717) is 35.1 Å². The van der Waals surface area contributed by atoms with Crippen molar-refractivity contribution in [3.05, 3.63) is 52.3 Å². The molecule has 1 aliphatic rings. The van der Waals surface area contributed by atoms with Gasteiger partial charge in [0.1, 0.15) is 5.82 Å². The number of hydrogen-bond acceptors (Lipinski definition) is 6. The number of amidine groups is 1. The third kappa shape index (κ3) is 5.15. The molecule has 3 heterocycles. The van der Waals surface area contributed by atoms with Gasteiger partial charge in [0, 0.05) is 29.4 Å². The van der Waals surface area contributed by atoms with Gasteiger partial charge < -0.3 is 10.2 Å². The number of piperidine rings is 1. The van der Waals surface area contributed by atoms with Crippen LogP contribution in [0.15, 0.2) is 30.5 Å². The quantitative estimate of drug-likeness (QED) is 0.358. The van der Waals surface area contributed by atoms with E-state index in [1.54, 1.807) is 16.3 Å². The lowest BCUT2D eigenvalue weighted by atomic mass is 9.98. The molecule has 2 aromatic heterocycles. The van der Waals surface area contributed by atoms with Gasteiger partial charge in [0.25, 0.3) is 5.91 Å². The van der Waals surface area contributed by atoms with Crippen LogP contribution in [0.25, 0.3) is 5.65 Å². The van der Waals surface area contributed by atoms with E-state index in [1.165, 1.54) is 18.2 Å². The summed E-state index contributed by atoms with van der Waals surface area (Å²) in [5.41, 5.74) is 2.51. The summed E-state index contributed by atoms with van der Waals surface area (Å²) in [6.07, 6.45) is 5.34. The number of sulfonamides is 1. The maximum absolute atomic E-state index is 13.6. The average Bonchev–Trinajstić information content (AvgIpc) is 3.16. The first-order chi connectivity index (χ1) is 16.0. The number of rotatable bonds is 5. The molecule has 1 fully saturated rings. The number of fused-ring (bicyclic) bond motifs is 1. The van der Waals surface area contributed by atoms with Gasteiger partial charge >= 0.3 is 0 Å². The highest BCUT2D eigenvalue weighted by Gasteiger charge is 2.32. The second-order valence-electron chi connectivity index (χ2n) is 8.47. The van der Waals surface area contributed by atoms with Gasteiger partial charge in [-0.3, -0.25) is 14.9 Å². The van der Waals surface area contributed by atoms with Crippen LogP contribution in [0.1, 0.15) is 53.8 Å². The Morgan fingerprint density at radius 3 is 2.74 bits per heavy atom. The molecule has 12 heteroatoms. The normalized spacial score (nSPS) is 16.5. The molecule has 3 N–H and O–H groups in total. The van der Waals surface area contributed by atoms with Gasteiger partial charge in [0.2, 0.25) is 10.0 Å². The van der Waals surface area contributed by atoms with E-state index < -0.39 is 10.0 Å². The Hall–Kier alpha value is -3.18. The van der Waals surface area contributed by atoms with Crippen LogP contribution in [-0.2, 0) is 10.0 Å². The van der Waals surface area contributed by atoms with Gasteiger partial charge in [0.05, 0.1) is 35.1 Å². The van der Waals surface area contributed by atoms with E-state index in [-0.39, 0.29) is 29.0 Å². The van der Waals surface area contributed by atoms with Crippen molar-refractivity contribution in [1.82, 2.24) is 19.5 Å². The molecular weight excluding hydrogens is 478 g/mol. The minimum Gasteiger partial charge on any atom is -0.330 e. The minimum absolute atomic E-state index is 0.186. The molecule has 0 unspecified atom stereocenters. The highest BCUT2D eigenvalue weighted by Crippen LogP contribution is 2.34. The van der Waals surface area contributed by atoms with Crippen molar-refractivity contribution >= 4 is 50.5 Å². The molecule has 10 nitrogen and oxygen atoms in total. The van der Waals surface area contributed by atoms with Crippen molar-refractivity contribution < 1.29 is 13.2 Å². The van der Waals surface area contributed by atoms with Crippen molar-refractivity contribution in [2.45, 2.75) is 39.2 Å². The Morgan fingerprint density at radius 1 is 1.26 bits per heavy atom. The highest BCUT2D eigenvalue weighted by atomic mass is 35.5. The Labute approximate surface area is 202 Å². The van der Waals surface area contributed by atoms with Crippen LogP contribution < -0.4 is 10.0 Å². The lowest BCUT2D eigenvalue weighted by molar-refractivity contribution is 0.0607. The standard InChI is InChI=1S/C22H26ClN7O3S/c1-13-12-30-20(26-21(13)25-14(2)24)11-18(27-30)19-6-4-5-9-29(19)22(31)16-10-15(23)7-8-17(16)28-34(3,32)33/h7-8,10-12,19,28H,4-6,9H2,1-3H3,(H2,24,25,26)/t19-/m0/s1. The molecule has 34 heavy (non-hydrogen) atoms. The fourth-order valence-corrected chi connectivity index (χ4v) is 4.86. The molecule has 0 radical (unpaired) electrons. The monoisotopic (exact) mass is 503 g/mol. The van der Waals surface area contributed by atoms with E-state index in [0.717, 1.165) is 24.7 Å². The number of nitrogens with one attached hydrogen (secondary N) is 3. The van der Waals surface area contributed by atoms with Gasteiger partial charge in [-0.25, -0.2) is 17.9 Å². The van der Waals surface area contributed by atoms with Crippen LogP contribution in [-0.4, -0.2) is 52.5 Å². The Balaban J connectivity index is 1.71. The third-order valence-corrected chi connectivity index (χ3v) is 6.39. The number of benzene rings is 1. The molecule has 0 saturated carbocycles.